The number of anilines is 1. The van der Waals surface area contributed by atoms with E-state index in [-0.39, 0.29) is 0 Å². The topological polar surface area (TPSA) is 33.1 Å². The molecule has 0 unspecified atom stereocenters. The van der Waals surface area contributed by atoms with Crippen LogP contribution in [0.5, 0.6) is 0 Å². The van der Waals surface area contributed by atoms with Crippen molar-refractivity contribution in [3.63, 3.8) is 0 Å². The summed E-state index contributed by atoms with van der Waals surface area (Å²) in [6, 6.07) is 7.99. The maximum Gasteiger partial charge on any atom is 0.148 e. The summed E-state index contributed by atoms with van der Waals surface area (Å²) < 4.78 is 1.98. The highest BCUT2D eigenvalue weighted by atomic mass is 35.5. The van der Waals surface area contributed by atoms with E-state index in [1.54, 1.807) is 0 Å². The van der Waals surface area contributed by atoms with Crippen molar-refractivity contribution in [2.24, 2.45) is 0 Å². The Morgan fingerprint density at radius 2 is 1.95 bits per heavy atom. The molecule has 1 aromatic carbocycles. The van der Waals surface area contributed by atoms with Crippen molar-refractivity contribution in [3.05, 3.63) is 40.5 Å². The van der Waals surface area contributed by atoms with Crippen molar-refractivity contribution in [2.75, 3.05) is 31.5 Å². The number of hydrogen-bond acceptors (Lipinski definition) is 3. The van der Waals surface area contributed by atoms with Crippen LogP contribution in [0.25, 0.3) is 5.69 Å². The van der Waals surface area contributed by atoms with E-state index in [9.17, 15) is 0 Å². The van der Waals surface area contributed by atoms with E-state index < -0.39 is 0 Å². The Hall–Kier alpha value is -1.52. The van der Waals surface area contributed by atoms with Gasteiger partial charge in [-0.3, -0.25) is 0 Å². The summed E-state index contributed by atoms with van der Waals surface area (Å²) in [4.78, 5) is 2.50. The molecule has 0 aliphatic carbocycles. The van der Waals surface area contributed by atoms with Crippen LogP contribution in [0.1, 0.15) is 24.1 Å². The van der Waals surface area contributed by atoms with Gasteiger partial charge in [0.1, 0.15) is 5.82 Å². The van der Waals surface area contributed by atoms with Gasteiger partial charge in [0.25, 0.3) is 0 Å². The van der Waals surface area contributed by atoms with Crippen molar-refractivity contribution in [2.45, 2.75) is 26.7 Å². The fourth-order valence-electron chi connectivity index (χ4n) is 3.01. The molecular weight excluding hydrogens is 296 g/mol. The lowest BCUT2D eigenvalue weighted by Crippen LogP contribution is -2.26. The Balaban J connectivity index is 1.67. The number of rotatable bonds is 5. The highest BCUT2D eigenvalue weighted by Gasteiger charge is 2.12. The average Bonchev–Trinajstić information content (AvgIpc) is 3.09. The predicted molar refractivity (Wildman–Crippen MR) is 92.2 cm³/mol. The first-order valence-electron chi connectivity index (χ1n) is 7.93. The van der Waals surface area contributed by atoms with Crippen LogP contribution in [0.2, 0.25) is 5.02 Å². The van der Waals surface area contributed by atoms with Crippen molar-refractivity contribution in [1.29, 1.82) is 0 Å². The summed E-state index contributed by atoms with van der Waals surface area (Å²) in [6.45, 7) is 8.63. The Labute approximate surface area is 137 Å². The number of nitrogens with one attached hydrogen (secondary N) is 1. The monoisotopic (exact) mass is 318 g/mol. The zero-order valence-electron chi connectivity index (χ0n) is 13.3. The lowest BCUT2D eigenvalue weighted by Gasteiger charge is -2.14. The van der Waals surface area contributed by atoms with Crippen LogP contribution in [0.4, 0.5) is 5.82 Å². The molecule has 22 heavy (non-hydrogen) atoms. The largest absolute Gasteiger partial charge is 0.367 e. The highest BCUT2D eigenvalue weighted by molar-refractivity contribution is 6.30. The third-order valence-electron chi connectivity index (χ3n) is 4.21. The first-order chi connectivity index (χ1) is 10.6. The fraction of sp³-hybridized carbons (Fsp3) is 0.471. The van der Waals surface area contributed by atoms with Gasteiger partial charge in [0.05, 0.1) is 5.69 Å². The van der Waals surface area contributed by atoms with Crippen LogP contribution < -0.4 is 5.32 Å². The maximum absolute atomic E-state index is 6.03. The van der Waals surface area contributed by atoms with Crippen molar-refractivity contribution < 1.29 is 0 Å². The minimum atomic E-state index is 0.759. The van der Waals surface area contributed by atoms with E-state index in [1.807, 2.05) is 22.9 Å². The molecule has 1 aliphatic rings. The average molecular weight is 319 g/mol. The Morgan fingerprint density at radius 3 is 2.68 bits per heavy atom. The first-order valence-corrected chi connectivity index (χ1v) is 8.31. The second-order valence-corrected chi connectivity index (χ2v) is 6.43. The second-order valence-electron chi connectivity index (χ2n) is 5.99. The standard InChI is InChI=1S/C17H23ClN4/c1-13-11-15(18)5-6-16(13)22-14(2)12-17(20-22)19-7-10-21-8-3-4-9-21/h5-6,11-12H,3-4,7-10H2,1-2H3,(H,19,20). The van der Waals surface area contributed by atoms with Gasteiger partial charge in [-0.05, 0) is 63.5 Å². The third kappa shape index (κ3) is 3.45. The van der Waals surface area contributed by atoms with Crippen molar-refractivity contribution >= 4 is 17.4 Å². The van der Waals surface area contributed by atoms with Crippen LogP contribution in [0.15, 0.2) is 24.3 Å². The third-order valence-corrected chi connectivity index (χ3v) is 4.44. The van der Waals surface area contributed by atoms with Crippen LogP contribution in [0, 0.1) is 13.8 Å². The van der Waals surface area contributed by atoms with Crippen LogP contribution >= 0.6 is 11.6 Å². The van der Waals surface area contributed by atoms with E-state index in [0.717, 1.165) is 40.9 Å². The number of benzene rings is 1. The van der Waals surface area contributed by atoms with E-state index in [1.165, 1.54) is 25.9 Å². The number of nitrogens with zero attached hydrogens (tertiary/aromatic N) is 3. The maximum atomic E-state index is 6.03. The summed E-state index contributed by atoms with van der Waals surface area (Å²) >= 11 is 6.03. The summed E-state index contributed by atoms with van der Waals surface area (Å²) in [5.41, 5.74) is 3.32. The first kappa shape index (κ1) is 15.4. The van der Waals surface area contributed by atoms with Crippen molar-refractivity contribution in [1.82, 2.24) is 14.7 Å². The van der Waals surface area contributed by atoms with Gasteiger partial charge in [0.15, 0.2) is 0 Å². The van der Waals surface area contributed by atoms with Crippen LogP contribution in [0.3, 0.4) is 0 Å². The van der Waals surface area contributed by atoms with E-state index in [2.05, 4.69) is 35.2 Å². The smallest absolute Gasteiger partial charge is 0.148 e. The Morgan fingerprint density at radius 1 is 1.18 bits per heavy atom. The number of halogens is 1. The molecule has 1 saturated heterocycles. The molecule has 0 radical (unpaired) electrons. The Kier molecular flexibility index (Phi) is 4.69. The molecule has 2 aromatic rings. The van der Waals surface area contributed by atoms with E-state index in [0.29, 0.717) is 0 Å². The van der Waals surface area contributed by atoms with Gasteiger partial charge in [-0.1, -0.05) is 11.6 Å². The minimum Gasteiger partial charge on any atom is -0.367 e. The lowest BCUT2D eigenvalue weighted by atomic mass is 10.2. The SMILES string of the molecule is Cc1cc(Cl)ccc1-n1nc(NCCN2CCCC2)cc1C. The highest BCUT2D eigenvalue weighted by Crippen LogP contribution is 2.21. The molecule has 118 valence electrons. The molecule has 3 rings (SSSR count). The van der Waals surface area contributed by atoms with Gasteiger partial charge >= 0.3 is 0 Å². The van der Waals surface area contributed by atoms with Gasteiger partial charge in [-0.15, -0.1) is 0 Å². The lowest BCUT2D eigenvalue weighted by molar-refractivity contribution is 0.352. The number of aromatic nitrogens is 2. The number of hydrogen-bond donors (Lipinski definition) is 1. The van der Waals surface area contributed by atoms with Crippen LogP contribution in [-0.2, 0) is 0 Å². The predicted octanol–water partition coefficient (Wildman–Crippen LogP) is 3.65. The molecule has 4 nitrogen and oxygen atoms in total. The van der Waals surface area contributed by atoms with Gasteiger partial charge in [0.2, 0.25) is 0 Å². The molecule has 0 saturated carbocycles. The molecule has 0 bridgehead atoms. The Bertz CT molecular complexity index is 644. The summed E-state index contributed by atoms with van der Waals surface area (Å²) in [6.07, 6.45) is 2.67. The molecule has 5 heteroatoms. The molecule has 1 aromatic heterocycles. The number of likely N-dealkylation sites (tertiary alicyclic amines) is 1. The normalized spacial score (nSPS) is 15.4. The zero-order valence-corrected chi connectivity index (χ0v) is 14.0. The van der Waals surface area contributed by atoms with Gasteiger partial charge in [-0.2, -0.15) is 5.10 Å². The molecule has 1 aliphatic heterocycles. The summed E-state index contributed by atoms with van der Waals surface area (Å²) in [5, 5.41) is 8.87. The molecule has 0 atom stereocenters. The summed E-state index contributed by atoms with van der Waals surface area (Å²) in [7, 11) is 0. The molecule has 0 amide bonds. The molecule has 2 heterocycles. The zero-order chi connectivity index (χ0) is 15.5. The minimum absolute atomic E-state index is 0.759. The number of aryl methyl sites for hydroxylation is 2. The van der Waals surface area contributed by atoms with Crippen molar-refractivity contribution in [3.8, 4) is 5.69 Å². The second kappa shape index (κ2) is 6.71. The summed E-state index contributed by atoms with van der Waals surface area (Å²) in [5.74, 6) is 0.936. The van der Waals surface area contributed by atoms with Gasteiger partial charge in [0, 0.05) is 29.9 Å². The molecular formula is C17H23ClN4. The van der Waals surface area contributed by atoms with E-state index in [4.69, 9.17) is 11.6 Å². The quantitative estimate of drug-likeness (QED) is 0.913. The van der Waals surface area contributed by atoms with Gasteiger partial charge in [-0.25, -0.2) is 4.68 Å². The molecule has 1 N–H and O–H groups in total. The van der Waals surface area contributed by atoms with Gasteiger partial charge < -0.3 is 10.2 Å². The van der Waals surface area contributed by atoms with Crippen LogP contribution in [-0.4, -0.2) is 40.9 Å². The fourth-order valence-corrected chi connectivity index (χ4v) is 3.24. The van der Waals surface area contributed by atoms with E-state index >= 15 is 0 Å². The molecule has 0 spiro atoms. The molecule has 1 fully saturated rings.